The van der Waals surface area contributed by atoms with Crippen LogP contribution in [-0.2, 0) is 5.75 Å². The van der Waals surface area contributed by atoms with Gasteiger partial charge in [0.2, 0.25) is 0 Å². The minimum Gasteiger partial charge on any atom is -0.350 e. The van der Waals surface area contributed by atoms with E-state index in [1.165, 1.54) is 0 Å². The number of carbonyl (C=O) groups excluding carboxylic acids is 1. The van der Waals surface area contributed by atoms with E-state index in [0.717, 1.165) is 22.9 Å². The van der Waals surface area contributed by atoms with Gasteiger partial charge in [-0.2, -0.15) is 16.9 Å². The Morgan fingerprint density at radius 3 is 2.83 bits per heavy atom. The third-order valence-corrected chi connectivity index (χ3v) is 4.59. The Balaban J connectivity index is 1.57. The molecular formula is C16H17N5O2S. The summed E-state index contributed by atoms with van der Waals surface area (Å²) in [6.07, 6.45) is 1.68. The quantitative estimate of drug-likeness (QED) is 0.590. The van der Waals surface area contributed by atoms with E-state index < -0.39 is 0 Å². The Labute approximate surface area is 142 Å². The van der Waals surface area contributed by atoms with E-state index in [1.807, 2.05) is 6.92 Å². The number of hydrogen-bond donors (Lipinski definition) is 3. The molecule has 0 aliphatic rings. The van der Waals surface area contributed by atoms with Crippen molar-refractivity contribution in [1.29, 1.82) is 0 Å². The third-order valence-electron chi connectivity index (χ3n) is 3.62. The first-order chi connectivity index (χ1) is 11.7. The highest BCUT2D eigenvalue weighted by Crippen LogP contribution is 2.13. The SMILES string of the molecule is Cc1[nH]cnc1CSCCNC(=O)c1n[nH]c(=O)c2ccccc12. The molecule has 0 aliphatic carbocycles. The van der Waals surface area contributed by atoms with Gasteiger partial charge in [-0.05, 0) is 13.0 Å². The van der Waals surface area contributed by atoms with Crippen molar-refractivity contribution in [3.63, 3.8) is 0 Å². The summed E-state index contributed by atoms with van der Waals surface area (Å²) in [6.45, 7) is 2.50. The first kappa shape index (κ1) is 16.3. The molecule has 0 aliphatic heterocycles. The molecule has 0 bridgehead atoms. The van der Waals surface area contributed by atoms with Crippen molar-refractivity contribution in [3.8, 4) is 0 Å². The molecule has 2 aromatic heterocycles. The first-order valence-corrected chi connectivity index (χ1v) is 8.64. The normalized spacial score (nSPS) is 10.9. The number of amides is 1. The zero-order chi connectivity index (χ0) is 16.9. The van der Waals surface area contributed by atoms with Gasteiger partial charge in [-0.25, -0.2) is 10.1 Å². The number of fused-ring (bicyclic) bond motifs is 1. The number of nitrogens with zero attached hydrogens (tertiary/aromatic N) is 2. The molecule has 0 unspecified atom stereocenters. The Kier molecular flexibility index (Phi) is 4.95. The molecule has 124 valence electrons. The van der Waals surface area contributed by atoms with Gasteiger partial charge in [0.05, 0.1) is 17.4 Å². The lowest BCUT2D eigenvalue weighted by molar-refractivity contribution is 0.0952. The van der Waals surface area contributed by atoms with Crippen molar-refractivity contribution in [2.24, 2.45) is 0 Å². The Morgan fingerprint density at radius 2 is 2.08 bits per heavy atom. The van der Waals surface area contributed by atoms with Gasteiger partial charge in [0.25, 0.3) is 11.5 Å². The van der Waals surface area contributed by atoms with E-state index in [9.17, 15) is 9.59 Å². The third kappa shape index (κ3) is 3.48. The maximum atomic E-state index is 12.3. The minimum absolute atomic E-state index is 0.235. The van der Waals surface area contributed by atoms with E-state index in [0.29, 0.717) is 17.3 Å². The van der Waals surface area contributed by atoms with Crippen LogP contribution in [0, 0.1) is 6.92 Å². The number of benzene rings is 1. The smallest absolute Gasteiger partial charge is 0.272 e. The zero-order valence-corrected chi connectivity index (χ0v) is 13.9. The highest BCUT2D eigenvalue weighted by Gasteiger charge is 2.13. The number of rotatable bonds is 6. The van der Waals surface area contributed by atoms with Crippen molar-refractivity contribution in [2.45, 2.75) is 12.7 Å². The fourth-order valence-electron chi connectivity index (χ4n) is 2.31. The molecule has 2 heterocycles. The van der Waals surface area contributed by atoms with Gasteiger partial charge in [0, 0.05) is 29.1 Å². The van der Waals surface area contributed by atoms with E-state index in [1.54, 1.807) is 42.4 Å². The number of carbonyl (C=O) groups is 1. The van der Waals surface area contributed by atoms with Crippen LogP contribution in [0.2, 0.25) is 0 Å². The van der Waals surface area contributed by atoms with Crippen LogP contribution < -0.4 is 10.9 Å². The molecule has 3 rings (SSSR count). The first-order valence-electron chi connectivity index (χ1n) is 7.49. The monoisotopic (exact) mass is 343 g/mol. The number of hydrogen-bond acceptors (Lipinski definition) is 5. The van der Waals surface area contributed by atoms with Crippen LogP contribution in [0.5, 0.6) is 0 Å². The van der Waals surface area contributed by atoms with Gasteiger partial charge < -0.3 is 10.3 Å². The van der Waals surface area contributed by atoms with Crippen molar-refractivity contribution >= 4 is 28.4 Å². The lowest BCUT2D eigenvalue weighted by atomic mass is 10.1. The van der Waals surface area contributed by atoms with E-state index in [-0.39, 0.29) is 17.2 Å². The molecule has 24 heavy (non-hydrogen) atoms. The average Bonchev–Trinajstić information content (AvgIpc) is 3.00. The number of imidazole rings is 1. The summed E-state index contributed by atoms with van der Waals surface area (Å²) in [6, 6.07) is 6.94. The van der Waals surface area contributed by atoms with Crippen LogP contribution in [0.15, 0.2) is 35.4 Å². The summed E-state index contributed by atoms with van der Waals surface area (Å²) < 4.78 is 0. The van der Waals surface area contributed by atoms with Gasteiger partial charge in [-0.3, -0.25) is 9.59 Å². The van der Waals surface area contributed by atoms with Crippen molar-refractivity contribution < 1.29 is 4.79 Å². The van der Waals surface area contributed by atoms with Crippen LogP contribution in [0.1, 0.15) is 21.9 Å². The second-order valence-electron chi connectivity index (χ2n) is 5.23. The predicted molar refractivity (Wildman–Crippen MR) is 94.2 cm³/mol. The van der Waals surface area contributed by atoms with E-state index >= 15 is 0 Å². The van der Waals surface area contributed by atoms with E-state index in [2.05, 4.69) is 25.5 Å². The van der Waals surface area contributed by atoms with Gasteiger partial charge in [0.15, 0.2) is 5.69 Å². The van der Waals surface area contributed by atoms with Crippen molar-refractivity contribution in [2.75, 3.05) is 12.3 Å². The fraction of sp³-hybridized carbons (Fsp3) is 0.250. The lowest BCUT2D eigenvalue weighted by Crippen LogP contribution is -2.28. The molecule has 1 aromatic carbocycles. The molecule has 7 nitrogen and oxygen atoms in total. The number of H-pyrrole nitrogens is 2. The maximum absolute atomic E-state index is 12.3. The van der Waals surface area contributed by atoms with Gasteiger partial charge in [0.1, 0.15) is 0 Å². The van der Waals surface area contributed by atoms with Gasteiger partial charge >= 0.3 is 0 Å². The molecule has 0 saturated carbocycles. The minimum atomic E-state index is -0.299. The molecule has 0 fully saturated rings. The largest absolute Gasteiger partial charge is 0.350 e. The highest BCUT2D eigenvalue weighted by molar-refractivity contribution is 7.98. The molecule has 1 amide bonds. The molecule has 0 radical (unpaired) electrons. The lowest BCUT2D eigenvalue weighted by Gasteiger charge is -2.06. The maximum Gasteiger partial charge on any atom is 0.272 e. The number of aromatic amines is 2. The topological polar surface area (TPSA) is 104 Å². The summed E-state index contributed by atoms with van der Waals surface area (Å²) in [5.74, 6) is 1.27. The standard InChI is InChI=1S/C16H17N5O2S/c1-10-13(19-9-18-10)8-24-7-6-17-16(23)14-11-4-2-3-5-12(11)15(22)21-20-14/h2-5,9H,6-8H2,1H3,(H,17,23)(H,18,19)(H,21,22). The molecule has 0 atom stereocenters. The van der Waals surface area contributed by atoms with Gasteiger partial charge in [-0.15, -0.1) is 0 Å². The summed E-state index contributed by atoms with van der Waals surface area (Å²) in [7, 11) is 0. The fourth-order valence-corrected chi connectivity index (χ4v) is 3.18. The van der Waals surface area contributed by atoms with Crippen LogP contribution in [-0.4, -0.2) is 38.4 Å². The molecule has 8 heteroatoms. The molecule has 3 aromatic rings. The summed E-state index contributed by atoms with van der Waals surface area (Å²) >= 11 is 1.69. The number of aromatic nitrogens is 4. The average molecular weight is 343 g/mol. The Hall–Kier alpha value is -2.61. The van der Waals surface area contributed by atoms with Crippen LogP contribution in [0.25, 0.3) is 10.8 Å². The Bertz CT molecular complexity index is 918. The van der Waals surface area contributed by atoms with E-state index in [4.69, 9.17) is 0 Å². The summed E-state index contributed by atoms with van der Waals surface area (Å²) in [4.78, 5) is 31.3. The highest BCUT2D eigenvalue weighted by atomic mass is 32.2. The van der Waals surface area contributed by atoms with Gasteiger partial charge in [-0.1, -0.05) is 18.2 Å². The predicted octanol–water partition coefficient (Wildman–Crippen LogP) is 1.62. The van der Waals surface area contributed by atoms with Crippen LogP contribution in [0.4, 0.5) is 0 Å². The molecular weight excluding hydrogens is 326 g/mol. The molecule has 0 saturated heterocycles. The van der Waals surface area contributed by atoms with Crippen molar-refractivity contribution in [1.82, 2.24) is 25.5 Å². The summed E-state index contributed by atoms with van der Waals surface area (Å²) in [5.41, 5.74) is 2.03. The number of nitrogens with one attached hydrogen (secondary N) is 3. The zero-order valence-electron chi connectivity index (χ0n) is 13.1. The Morgan fingerprint density at radius 1 is 1.29 bits per heavy atom. The molecule has 3 N–H and O–H groups in total. The van der Waals surface area contributed by atoms with Crippen LogP contribution in [0.3, 0.4) is 0 Å². The second kappa shape index (κ2) is 7.31. The summed E-state index contributed by atoms with van der Waals surface area (Å²) in [5, 5.41) is 10.1. The number of aryl methyl sites for hydroxylation is 1. The number of thioether (sulfide) groups is 1. The van der Waals surface area contributed by atoms with Crippen LogP contribution >= 0.6 is 11.8 Å². The second-order valence-corrected chi connectivity index (χ2v) is 6.33. The molecule has 0 spiro atoms. The van der Waals surface area contributed by atoms with Crippen molar-refractivity contribution in [3.05, 3.63) is 58.0 Å².